The molecule has 1 rings (SSSR count). The van der Waals surface area contributed by atoms with Gasteiger partial charge in [0.2, 0.25) is 0 Å². The fourth-order valence-electron chi connectivity index (χ4n) is 1.65. The van der Waals surface area contributed by atoms with Crippen molar-refractivity contribution in [2.24, 2.45) is 0 Å². The Balaban J connectivity index is 2.62. The molecule has 0 N–H and O–H groups in total. The van der Waals surface area contributed by atoms with Gasteiger partial charge in [0.05, 0.1) is 31.9 Å². The molecule has 7 heteroatoms. The van der Waals surface area contributed by atoms with Gasteiger partial charge in [-0.1, -0.05) is 13.0 Å². The van der Waals surface area contributed by atoms with E-state index in [4.69, 9.17) is 9.47 Å². The van der Waals surface area contributed by atoms with Crippen molar-refractivity contribution in [1.82, 2.24) is 0 Å². The van der Waals surface area contributed by atoms with E-state index in [0.717, 1.165) is 6.42 Å². The average Bonchev–Trinajstić information content (AvgIpc) is 2.49. The second-order valence-corrected chi connectivity index (χ2v) is 4.27. The van der Waals surface area contributed by atoms with Gasteiger partial charge in [0.1, 0.15) is 5.56 Å². The van der Waals surface area contributed by atoms with Gasteiger partial charge in [-0.3, -0.25) is 10.1 Å². The zero-order valence-electron chi connectivity index (χ0n) is 12.2. The van der Waals surface area contributed by atoms with Crippen LogP contribution < -0.4 is 0 Å². The van der Waals surface area contributed by atoms with Crippen LogP contribution in [0.5, 0.6) is 0 Å². The van der Waals surface area contributed by atoms with Gasteiger partial charge < -0.3 is 14.2 Å². The van der Waals surface area contributed by atoms with Gasteiger partial charge in [-0.15, -0.1) is 0 Å². The minimum absolute atomic E-state index is 0.0717. The molecule has 0 fully saturated rings. The molecule has 0 atom stereocenters. The number of esters is 1. The van der Waals surface area contributed by atoms with Crippen LogP contribution in [0.3, 0.4) is 0 Å². The van der Waals surface area contributed by atoms with Crippen LogP contribution >= 0.6 is 0 Å². The number of hydrogen-bond donors (Lipinski definition) is 0. The molecule has 0 aromatic heterocycles. The summed E-state index contributed by atoms with van der Waals surface area (Å²) < 4.78 is 15.1. The van der Waals surface area contributed by atoms with E-state index in [1.165, 1.54) is 19.2 Å². The highest BCUT2D eigenvalue weighted by Gasteiger charge is 2.21. The van der Waals surface area contributed by atoms with E-state index in [1.807, 2.05) is 6.92 Å². The van der Waals surface area contributed by atoms with Gasteiger partial charge in [-0.25, -0.2) is 4.79 Å². The molecule has 0 aliphatic rings. The summed E-state index contributed by atoms with van der Waals surface area (Å²) in [6.07, 6.45) is 0.946. The first-order valence-corrected chi connectivity index (χ1v) is 6.61. The van der Waals surface area contributed by atoms with Gasteiger partial charge >= 0.3 is 5.97 Å². The monoisotopic (exact) mass is 297 g/mol. The molecule has 0 heterocycles. The number of carbonyl (C=O) groups excluding carboxylic acids is 1. The van der Waals surface area contributed by atoms with E-state index in [1.54, 1.807) is 6.07 Å². The van der Waals surface area contributed by atoms with Crippen molar-refractivity contribution in [2.75, 3.05) is 26.9 Å². The molecule has 7 nitrogen and oxygen atoms in total. The molecule has 0 aliphatic carbocycles. The number of rotatable bonds is 9. The number of methoxy groups -OCH3 is 1. The van der Waals surface area contributed by atoms with Crippen LogP contribution in [0.25, 0.3) is 0 Å². The highest BCUT2D eigenvalue weighted by molar-refractivity contribution is 5.93. The molecule has 0 amide bonds. The predicted octanol–water partition coefficient (Wildman–Crippen LogP) is 2.32. The largest absolute Gasteiger partial charge is 0.465 e. The van der Waals surface area contributed by atoms with Crippen molar-refractivity contribution in [3.63, 3.8) is 0 Å². The molecule has 0 unspecified atom stereocenters. The summed E-state index contributed by atoms with van der Waals surface area (Å²) in [4.78, 5) is 21.8. The maximum absolute atomic E-state index is 11.4. The molecule has 1 aromatic rings. The topological polar surface area (TPSA) is 87.9 Å². The van der Waals surface area contributed by atoms with Gasteiger partial charge in [-0.05, 0) is 18.1 Å². The zero-order chi connectivity index (χ0) is 15.7. The van der Waals surface area contributed by atoms with E-state index in [0.29, 0.717) is 25.4 Å². The predicted molar refractivity (Wildman–Crippen MR) is 75.2 cm³/mol. The number of nitro groups is 1. The van der Waals surface area contributed by atoms with Crippen LogP contribution in [-0.4, -0.2) is 37.8 Å². The summed E-state index contributed by atoms with van der Waals surface area (Å²) in [5, 5.41) is 11.0. The lowest BCUT2D eigenvalue weighted by molar-refractivity contribution is -0.385. The molecule has 21 heavy (non-hydrogen) atoms. The van der Waals surface area contributed by atoms with Crippen molar-refractivity contribution >= 4 is 11.7 Å². The summed E-state index contributed by atoms with van der Waals surface area (Å²) in [5.74, 6) is -0.734. The lowest BCUT2D eigenvalue weighted by Gasteiger charge is -2.06. The first-order chi connectivity index (χ1) is 10.1. The molecule has 1 aromatic carbocycles. The zero-order valence-corrected chi connectivity index (χ0v) is 12.2. The Labute approximate surface area is 123 Å². The van der Waals surface area contributed by atoms with Crippen LogP contribution in [-0.2, 0) is 20.8 Å². The Hall–Kier alpha value is -1.99. The summed E-state index contributed by atoms with van der Waals surface area (Å²) in [6.45, 7) is 3.81. The van der Waals surface area contributed by atoms with Gasteiger partial charge in [0, 0.05) is 12.7 Å². The third kappa shape index (κ3) is 5.49. The molecule has 0 aliphatic heterocycles. The molecule has 0 radical (unpaired) electrons. The summed E-state index contributed by atoms with van der Waals surface area (Å²) >= 11 is 0. The summed E-state index contributed by atoms with van der Waals surface area (Å²) in [6, 6.07) is 4.29. The van der Waals surface area contributed by atoms with Crippen molar-refractivity contribution < 1.29 is 23.9 Å². The molecular formula is C14H19NO6. The fraction of sp³-hybridized carbons (Fsp3) is 0.500. The maximum atomic E-state index is 11.4. The Morgan fingerprint density at radius 3 is 2.57 bits per heavy atom. The SMILES string of the molecule is CCCOCCOCc1ccc(C(=O)OC)c([N+](=O)[O-])c1. The number of nitrogens with zero attached hydrogens (tertiary/aromatic N) is 1. The van der Waals surface area contributed by atoms with E-state index >= 15 is 0 Å². The highest BCUT2D eigenvalue weighted by Crippen LogP contribution is 2.21. The second kappa shape index (κ2) is 9.04. The van der Waals surface area contributed by atoms with Crippen molar-refractivity contribution in [2.45, 2.75) is 20.0 Å². The quantitative estimate of drug-likeness (QED) is 0.301. The Morgan fingerprint density at radius 2 is 1.95 bits per heavy atom. The smallest absolute Gasteiger partial charge is 0.344 e. The number of nitro benzene ring substituents is 1. The normalized spacial score (nSPS) is 10.4. The van der Waals surface area contributed by atoms with E-state index in [9.17, 15) is 14.9 Å². The van der Waals surface area contributed by atoms with Crippen molar-refractivity contribution in [3.05, 3.63) is 39.4 Å². The minimum Gasteiger partial charge on any atom is -0.465 e. The van der Waals surface area contributed by atoms with Gasteiger partial charge in [0.25, 0.3) is 5.69 Å². The Morgan fingerprint density at radius 1 is 1.24 bits per heavy atom. The van der Waals surface area contributed by atoms with E-state index in [-0.39, 0.29) is 17.9 Å². The number of carbonyl (C=O) groups is 1. The standard InChI is InChI=1S/C14H19NO6/c1-3-6-20-7-8-21-10-11-4-5-12(14(16)19-2)13(9-11)15(17)18/h4-5,9H,3,6-8,10H2,1-2H3. The summed E-state index contributed by atoms with van der Waals surface area (Å²) in [5.41, 5.74) is 0.257. The first-order valence-electron chi connectivity index (χ1n) is 6.61. The van der Waals surface area contributed by atoms with Crippen LogP contribution in [0.4, 0.5) is 5.69 Å². The first kappa shape index (κ1) is 17.1. The second-order valence-electron chi connectivity index (χ2n) is 4.27. The highest BCUT2D eigenvalue weighted by atomic mass is 16.6. The maximum Gasteiger partial charge on any atom is 0.344 e. The van der Waals surface area contributed by atoms with Crippen molar-refractivity contribution in [3.8, 4) is 0 Å². The van der Waals surface area contributed by atoms with E-state index in [2.05, 4.69) is 4.74 Å². The Kier molecular flexibility index (Phi) is 7.34. The van der Waals surface area contributed by atoms with Crippen LogP contribution in [0, 0.1) is 10.1 Å². The molecule has 0 saturated carbocycles. The average molecular weight is 297 g/mol. The number of hydrogen-bond acceptors (Lipinski definition) is 6. The molecular weight excluding hydrogens is 278 g/mol. The Bertz CT molecular complexity index is 488. The van der Waals surface area contributed by atoms with Crippen LogP contribution in [0.1, 0.15) is 29.3 Å². The third-order valence-electron chi connectivity index (χ3n) is 2.65. The van der Waals surface area contributed by atoms with Crippen LogP contribution in [0.2, 0.25) is 0 Å². The molecule has 116 valence electrons. The lowest BCUT2D eigenvalue weighted by Crippen LogP contribution is -2.08. The van der Waals surface area contributed by atoms with Crippen molar-refractivity contribution in [1.29, 1.82) is 0 Å². The van der Waals surface area contributed by atoms with Gasteiger partial charge in [-0.2, -0.15) is 0 Å². The third-order valence-corrected chi connectivity index (χ3v) is 2.65. The van der Waals surface area contributed by atoms with E-state index < -0.39 is 10.9 Å². The fourth-order valence-corrected chi connectivity index (χ4v) is 1.65. The molecule has 0 bridgehead atoms. The number of ether oxygens (including phenoxy) is 3. The number of benzene rings is 1. The lowest BCUT2D eigenvalue weighted by atomic mass is 10.1. The van der Waals surface area contributed by atoms with Crippen LogP contribution in [0.15, 0.2) is 18.2 Å². The molecule has 0 spiro atoms. The van der Waals surface area contributed by atoms with Gasteiger partial charge in [0.15, 0.2) is 0 Å². The molecule has 0 saturated heterocycles. The minimum atomic E-state index is -0.734. The summed E-state index contributed by atoms with van der Waals surface area (Å²) in [7, 11) is 1.18.